The number of anilines is 1. The lowest BCUT2D eigenvalue weighted by molar-refractivity contribution is -0.117. The second kappa shape index (κ2) is 6.13. The number of nitrogens with zero attached hydrogens (tertiary/aromatic N) is 1. The minimum Gasteiger partial charge on any atom is -0.326 e. The highest BCUT2D eigenvalue weighted by Crippen LogP contribution is 2.30. The quantitative estimate of drug-likeness (QED) is 0.628. The summed E-state index contributed by atoms with van der Waals surface area (Å²) in [5, 5.41) is 6.60. The van der Waals surface area contributed by atoms with Crippen molar-refractivity contribution in [3.63, 3.8) is 0 Å². The van der Waals surface area contributed by atoms with Gasteiger partial charge in [0.2, 0.25) is 5.91 Å². The van der Waals surface area contributed by atoms with Crippen molar-refractivity contribution in [2.24, 2.45) is 11.0 Å². The fraction of sp³-hybridized carbons (Fsp3) is 0.357. The van der Waals surface area contributed by atoms with Crippen molar-refractivity contribution in [2.45, 2.75) is 26.2 Å². The Labute approximate surface area is 112 Å². The molecule has 0 spiro atoms. The molecule has 0 aromatic heterocycles. The van der Waals surface area contributed by atoms with E-state index >= 15 is 0 Å². The molecule has 19 heavy (non-hydrogen) atoms. The largest absolute Gasteiger partial charge is 0.326 e. The van der Waals surface area contributed by atoms with Crippen LogP contribution in [0.3, 0.4) is 0 Å². The summed E-state index contributed by atoms with van der Waals surface area (Å²) in [7, 11) is 0. The van der Waals surface area contributed by atoms with Crippen LogP contribution in [0.15, 0.2) is 29.4 Å². The summed E-state index contributed by atoms with van der Waals surface area (Å²) in [6.45, 7) is 1.94. The molecule has 0 bridgehead atoms. The summed E-state index contributed by atoms with van der Waals surface area (Å²) in [6, 6.07) is 6.77. The molecular weight excluding hydrogens is 242 g/mol. The van der Waals surface area contributed by atoms with Gasteiger partial charge in [0.25, 0.3) is 5.91 Å². The smallest absolute Gasteiger partial charge is 0.271 e. The van der Waals surface area contributed by atoms with Gasteiger partial charge in [-0.1, -0.05) is 6.92 Å². The molecule has 2 N–H and O–H groups in total. The molecule has 5 heteroatoms. The molecule has 0 saturated heterocycles. The van der Waals surface area contributed by atoms with Crippen molar-refractivity contribution < 1.29 is 9.59 Å². The van der Waals surface area contributed by atoms with E-state index in [4.69, 9.17) is 0 Å². The minimum atomic E-state index is -0.259. The number of benzene rings is 1. The highest BCUT2D eigenvalue weighted by molar-refractivity contribution is 5.96. The Morgan fingerprint density at radius 2 is 2.00 bits per heavy atom. The Hall–Kier alpha value is -2.17. The SMILES string of the molecule is CCC=NNC(=O)c1ccc(NC(=O)C2CC2)cc1. The molecule has 0 heterocycles. The Kier molecular flexibility index (Phi) is 4.28. The number of rotatable bonds is 5. The summed E-state index contributed by atoms with van der Waals surface area (Å²) in [5.41, 5.74) is 3.66. The summed E-state index contributed by atoms with van der Waals surface area (Å²) in [6.07, 6.45) is 4.35. The summed E-state index contributed by atoms with van der Waals surface area (Å²) >= 11 is 0. The highest BCUT2D eigenvalue weighted by Gasteiger charge is 2.29. The molecule has 100 valence electrons. The maximum atomic E-state index is 11.7. The van der Waals surface area contributed by atoms with Gasteiger partial charge in [-0.05, 0) is 43.5 Å². The van der Waals surface area contributed by atoms with Gasteiger partial charge >= 0.3 is 0 Å². The first kappa shape index (κ1) is 13.3. The van der Waals surface area contributed by atoms with Gasteiger partial charge in [-0.15, -0.1) is 0 Å². The van der Waals surface area contributed by atoms with E-state index in [9.17, 15) is 9.59 Å². The highest BCUT2D eigenvalue weighted by atomic mass is 16.2. The molecule has 1 aliphatic rings. The molecule has 0 atom stereocenters. The number of hydrogen-bond acceptors (Lipinski definition) is 3. The Morgan fingerprint density at radius 3 is 2.58 bits per heavy atom. The van der Waals surface area contributed by atoms with Crippen LogP contribution in [0.4, 0.5) is 5.69 Å². The third-order valence-electron chi connectivity index (χ3n) is 2.80. The molecule has 0 aliphatic heterocycles. The van der Waals surface area contributed by atoms with E-state index in [0.29, 0.717) is 11.3 Å². The lowest BCUT2D eigenvalue weighted by atomic mass is 10.2. The average Bonchev–Trinajstić information content (AvgIpc) is 3.24. The van der Waals surface area contributed by atoms with Crippen LogP contribution in [0, 0.1) is 5.92 Å². The van der Waals surface area contributed by atoms with Gasteiger partial charge in [-0.25, -0.2) is 5.43 Å². The second-order valence-corrected chi connectivity index (χ2v) is 4.50. The van der Waals surface area contributed by atoms with Crippen LogP contribution in [0.25, 0.3) is 0 Å². The molecule has 5 nitrogen and oxygen atoms in total. The van der Waals surface area contributed by atoms with Gasteiger partial charge in [0.05, 0.1) is 0 Å². The van der Waals surface area contributed by atoms with Crippen LogP contribution in [0.2, 0.25) is 0 Å². The molecule has 1 saturated carbocycles. The van der Waals surface area contributed by atoms with Crippen molar-refractivity contribution in [3.8, 4) is 0 Å². The van der Waals surface area contributed by atoms with Crippen LogP contribution in [-0.2, 0) is 4.79 Å². The molecule has 1 aromatic carbocycles. The van der Waals surface area contributed by atoms with Gasteiger partial charge in [-0.2, -0.15) is 5.10 Å². The number of carbonyl (C=O) groups excluding carboxylic acids is 2. The number of amides is 2. The fourth-order valence-electron chi connectivity index (χ4n) is 1.55. The van der Waals surface area contributed by atoms with Crippen LogP contribution in [0.5, 0.6) is 0 Å². The summed E-state index contributed by atoms with van der Waals surface area (Å²) in [4.78, 5) is 23.2. The fourth-order valence-corrected chi connectivity index (χ4v) is 1.55. The zero-order valence-electron chi connectivity index (χ0n) is 10.8. The average molecular weight is 259 g/mol. The van der Waals surface area contributed by atoms with Crippen molar-refractivity contribution in [1.29, 1.82) is 0 Å². The van der Waals surface area contributed by atoms with Crippen LogP contribution in [0.1, 0.15) is 36.5 Å². The van der Waals surface area contributed by atoms with Gasteiger partial charge in [0.15, 0.2) is 0 Å². The van der Waals surface area contributed by atoms with Crippen LogP contribution >= 0.6 is 0 Å². The topological polar surface area (TPSA) is 70.6 Å². The van der Waals surface area contributed by atoms with Crippen molar-refractivity contribution in [2.75, 3.05) is 5.32 Å². The monoisotopic (exact) mass is 259 g/mol. The Balaban J connectivity index is 1.91. The van der Waals surface area contributed by atoms with Gasteiger partial charge in [-0.3, -0.25) is 9.59 Å². The molecule has 1 aliphatic carbocycles. The van der Waals surface area contributed by atoms with E-state index in [1.54, 1.807) is 30.5 Å². The first-order chi connectivity index (χ1) is 9.20. The number of hydrazone groups is 1. The second-order valence-electron chi connectivity index (χ2n) is 4.50. The predicted octanol–water partition coefficient (Wildman–Crippen LogP) is 2.16. The number of carbonyl (C=O) groups is 2. The first-order valence-electron chi connectivity index (χ1n) is 6.43. The van der Waals surface area contributed by atoms with Crippen molar-refractivity contribution in [3.05, 3.63) is 29.8 Å². The van der Waals surface area contributed by atoms with E-state index in [1.807, 2.05) is 6.92 Å². The first-order valence-corrected chi connectivity index (χ1v) is 6.43. The molecule has 1 aromatic rings. The Morgan fingerprint density at radius 1 is 1.32 bits per heavy atom. The van der Waals surface area contributed by atoms with E-state index < -0.39 is 0 Å². The lowest BCUT2D eigenvalue weighted by Crippen LogP contribution is -2.17. The van der Waals surface area contributed by atoms with Crippen molar-refractivity contribution >= 4 is 23.7 Å². The molecule has 2 amide bonds. The van der Waals surface area contributed by atoms with Crippen LogP contribution in [-0.4, -0.2) is 18.0 Å². The zero-order valence-corrected chi connectivity index (χ0v) is 10.8. The molecular formula is C14H17N3O2. The zero-order chi connectivity index (χ0) is 13.7. The predicted molar refractivity (Wildman–Crippen MR) is 74.0 cm³/mol. The summed E-state index contributed by atoms with van der Waals surface area (Å²) < 4.78 is 0. The third-order valence-corrected chi connectivity index (χ3v) is 2.80. The van der Waals surface area contributed by atoms with Gasteiger partial charge in [0.1, 0.15) is 0 Å². The Bertz CT molecular complexity index is 490. The number of nitrogens with one attached hydrogen (secondary N) is 2. The van der Waals surface area contributed by atoms with Crippen molar-refractivity contribution in [1.82, 2.24) is 5.43 Å². The summed E-state index contributed by atoms with van der Waals surface area (Å²) in [5.74, 6) is -0.0270. The molecule has 0 unspecified atom stereocenters. The van der Waals surface area contributed by atoms with Gasteiger partial charge in [0, 0.05) is 23.4 Å². The lowest BCUT2D eigenvalue weighted by Gasteiger charge is -2.05. The maximum absolute atomic E-state index is 11.7. The molecule has 0 radical (unpaired) electrons. The third kappa shape index (κ3) is 3.91. The van der Waals surface area contributed by atoms with E-state index in [1.165, 1.54) is 0 Å². The van der Waals surface area contributed by atoms with E-state index in [2.05, 4.69) is 15.8 Å². The number of hydrogen-bond donors (Lipinski definition) is 2. The maximum Gasteiger partial charge on any atom is 0.271 e. The standard InChI is InChI=1S/C14H17N3O2/c1-2-9-15-17-14(19)11-5-7-12(8-6-11)16-13(18)10-3-4-10/h5-10H,2-4H2,1H3,(H,16,18)(H,17,19). The minimum absolute atomic E-state index is 0.0600. The normalized spacial score (nSPS) is 14.4. The molecule has 2 rings (SSSR count). The van der Waals surface area contributed by atoms with E-state index in [-0.39, 0.29) is 17.7 Å². The van der Waals surface area contributed by atoms with Crippen LogP contribution < -0.4 is 10.7 Å². The molecule has 1 fully saturated rings. The van der Waals surface area contributed by atoms with Gasteiger partial charge < -0.3 is 5.32 Å². The van der Waals surface area contributed by atoms with E-state index in [0.717, 1.165) is 19.3 Å².